The van der Waals surface area contributed by atoms with Crippen molar-refractivity contribution in [1.29, 1.82) is 0 Å². The van der Waals surface area contributed by atoms with Crippen LogP contribution in [0.1, 0.15) is 110 Å². The summed E-state index contributed by atoms with van der Waals surface area (Å²) in [5, 5.41) is 5.66. The van der Waals surface area contributed by atoms with Crippen LogP contribution in [-0.2, 0) is 43.1 Å². The van der Waals surface area contributed by atoms with Crippen LogP contribution in [0.5, 0.6) is 0 Å². The number of benzene rings is 2. The van der Waals surface area contributed by atoms with Crippen molar-refractivity contribution in [3.63, 3.8) is 0 Å². The standard InChI is InChI=1S/C46H64N4O10/c1-28-18-19-36-29(2)38(56-42-46(36)35(28)20-21-45(6,58-42)59-60-46)25-39(51)50(26-40(52)57-44(3,4)5)24-23-48-41(53)37(17-11-12-22-47)49-43(54)55-27-34-32-15-9-7-13-30(32)31-14-8-10-16-33(31)34/h7-10,13-16,28-29,34-38,42H,11-12,17-27,47H2,1-6H3,(H,48,53)(H,49,54)/t28-,29-,35+,36+,37+,38-,42-,45-,46-/m1/s1. The minimum atomic E-state index is -0.949. The first-order valence-electron chi connectivity index (χ1n) is 21.9. The van der Waals surface area contributed by atoms with Crippen molar-refractivity contribution in [2.45, 2.75) is 134 Å². The van der Waals surface area contributed by atoms with Crippen LogP contribution < -0.4 is 16.4 Å². The minimum absolute atomic E-state index is 0.00675. The summed E-state index contributed by atoms with van der Waals surface area (Å²) in [7, 11) is 0. The van der Waals surface area contributed by atoms with Gasteiger partial charge < -0.3 is 40.2 Å². The van der Waals surface area contributed by atoms with Gasteiger partial charge in [-0.3, -0.25) is 14.4 Å². The van der Waals surface area contributed by atoms with Crippen LogP contribution in [0, 0.1) is 23.7 Å². The molecule has 2 aromatic rings. The number of hydrogen-bond donors (Lipinski definition) is 3. The van der Waals surface area contributed by atoms with E-state index in [4.69, 9.17) is 34.5 Å². The number of nitrogens with two attached hydrogens (primary N) is 1. The van der Waals surface area contributed by atoms with E-state index in [0.29, 0.717) is 38.1 Å². The molecule has 1 saturated carbocycles. The molecule has 8 rings (SSSR count). The first-order chi connectivity index (χ1) is 28.6. The second-order valence-corrected chi connectivity index (χ2v) is 18.6. The van der Waals surface area contributed by atoms with E-state index < -0.39 is 53.4 Å². The number of esters is 1. The predicted molar refractivity (Wildman–Crippen MR) is 222 cm³/mol. The Balaban J connectivity index is 0.991. The van der Waals surface area contributed by atoms with Crippen molar-refractivity contribution >= 4 is 23.9 Å². The number of nitrogens with one attached hydrogen (secondary N) is 2. The normalized spacial score (nSPS) is 29.6. The van der Waals surface area contributed by atoms with Gasteiger partial charge >= 0.3 is 12.1 Å². The summed E-state index contributed by atoms with van der Waals surface area (Å²) in [5.41, 5.74) is 8.64. The fourth-order valence-corrected chi connectivity index (χ4v) is 10.3. The molecule has 2 aliphatic carbocycles. The molecule has 60 heavy (non-hydrogen) atoms. The van der Waals surface area contributed by atoms with Crippen LogP contribution in [0.2, 0.25) is 0 Å². The molecule has 4 N–H and O–H groups in total. The first kappa shape index (κ1) is 44.0. The first-order valence-corrected chi connectivity index (χ1v) is 21.9. The molecule has 14 heteroatoms. The molecule has 4 aliphatic heterocycles. The number of alkyl carbamates (subject to hydrolysis) is 1. The maximum Gasteiger partial charge on any atom is 0.407 e. The lowest BCUT2D eigenvalue weighted by Crippen LogP contribution is -2.70. The molecule has 1 spiro atoms. The van der Waals surface area contributed by atoms with Gasteiger partial charge in [-0.1, -0.05) is 62.4 Å². The highest BCUT2D eigenvalue weighted by Gasteiger charge is 2.69. The molecule has 4 saturated heterocycles. The van der Waals surface area contributed by atoms with Crippen LogP contribution in [0.25, 0.3) is 11.1 Å². The Morgan fingerprint density at radius 2 is 1.65 bits per heavy atom. The molecule has 328 valence electrons. The molecule has 9 atom stereocenters. The molecule has 0 radical (unpaired) electrons. The number of ether oxygens (including phenoxy) is 4. The minimum Gasteiger partial charge on any atom is -0.459 e. The lowest BCUT2D eigenvalue weighted by molar-refractivity contribution is -0.570. The second kappa shape index (κ2) is 18.1. The van der Waals surface area contributed by atoms with Crippen LogP contribution in [0.15, 0.2) is 48.5 Å². The van der Waals surface area contributed by atoms with Gasteiger partial charge in [0.25, 0.3) is 0 Å². The number of nitrogens with zero attached hydrogens (tertiary/aromatic N) is 1. The largest absolute Gasteiger partial charge is 0.459 e. The lowest BCUT2D eigenvalue weighted by Gasteiger charge is -2.60. The molecule has 0 aromatic heterocycles. The van der Waals surface area contributed by atoms with Crippen LogP contribution in [0.4, 0.5) is 4.79 Å². The highest BCUT2D eigenvalue weighted by Crippen LogP contribution is 2.60. The van der Waals surface area contributed by atoms with E-state index >= 15 is 0 Å². The summed E-state index contributed by atoms with van der Waals surface area (Å²) in [6.07, 6.45) is 3.17. The summed E-state index contributed by atoms with van der Waals surface area (Å²) in [4.78, 5) is 68.0. The molecule has 5 fully saturated rings. The van der Waals surface area contributed by atoms with Gasteiger partial charge in [0.05, 0.1) is 12.5 Å². The van der Waals surface area contributed by atoms with Gasteiger partial charge in [0, 0.05) is 31.3 Å². The van der Waals surface area contributed by atoms with E-state index in [0.717, 1.165) is 41.5 Å². The SMILES string of the molecule is C[C@H]1[C@@H](CC(=O)N(CCNC(=O)[C@H](CCCCN)NC(=O)OCC2c3ccccc3-c3ccccc32)CC(=O)OC(C)(C)C)O[C@@H]2O[C@@]3(C)CC[C@H]4[C@H](C)CC[C@@H]1[C@@]24OO3. The molecule has 6 aliphatic rings. The van der Waals surface area contributed by atoms with Crippen LogP contribution >= 0.6 is 0 Å². The fraction of sp³-hybridized carbons (Fsp3) is 0.652. The van der Waals surface area contributed by atoms with Gasteiger partial charge in [-0.2, -0.15) is 0 Å². The van der Waals surface area contributed by atoms with Gasteiger partial charge in [0.15, 0.2) is 11.9 Å². The molecular formula is C46H64N4O10. The van der Waals surface area contributed by atoms with Crippen molar-refractivity contribution in [1.82, 2.24) is 15.5 Å². The van der Waals surface area contributed by atoms with Crippen molar-refractivity contribution < 1.29 is 47.9 Å². The Hall–Kier alpha value is -4.08. The Morgan fingerprint density at radius 1 is 0.950 bits per heavy atom. The molecule has 3 amide bonds. The number of carbonyl (C=O) groups is 4. The van der Waals surface area contributed by atoms with Crippen LogP contribution in [0.3, 0.4) is 0 Å². The topological polar surface area (TPSA) is 177 Å². The highest BCUT2D eigenvalue weighted by atomic mass is 17.3. The van der Waals surface area contributed by atoms with E-state index in [2.05, 4.69) is 36.6 Å². The predicted octanol–water partition coefficient (Wildman–Crippen LogP) is 5.95. The number of rotatable bonds is 15. The summed E-state index contributed by atoms with van der Waals surface area (Å²) >= 11 is 0. The maximum atomic E-state index is 14.2. The maximum absolute atomic E-state index is 14.2. The van der Waals surface area contributed by atoms with E-state index in [-0.39, 0.29) is 62.2 Å². The Morgan fingerprint density at radius 3 is 2.33 bits per heavy atom. The fourth-order valence-electron chi connectivity index (χ4n) is 10.3. The highest BCUT2D eigenvalue weighted by molar-refractivity contribution is 5.86. The Bertz CT molecular complexity index is 1840. The number of hydrogen-bond acceptors (Lipinski definition) is 11. The van der Waals surface area contributed by atoms with Crippen LogP contribution in [-0.4, -0.2) is 97.0 Å². The third-order valence-corrected chi connectivity index (χ3v) is 13.3. The average Bonchev–Trinajstić information content (AvgIpc) is 3.34. The molecular weight excluding hydrogens is 769 g/mol. The van der Waals surface area contributed by atoms with Gasteiger partial charge in [0.2, 0.25) is 17.6 Å². The molecule has 2 bridgehead atoms. The van der Waals surface area contributed by atoms with Gasteiger partial charge in [0.1, 0.15) is 24.8 Å². The van der Waals surface area contributed by atoms with Gasteiger partial charge in [-0.05, 0) is 113 Å². The number of unbranched alkanes of at least 4 members (excludes halogenated alkanes) is 1. The smallest absolute Gasteiger partial charge is 0.407 e. The second-order valence-electron chi connectivity index (χ2n) is 18.6. The van der Waals surface area contributed by atoms with Crippen molar-refractivity contribution in [2.75, 3.05) is 32.8 Å². The quantitative estimate of drug-likeness (QED) is 0.110. The summed E-state index contributed by atoms with van der Waals surface area (Å²) in [6, 6.07) is 15.3. The summed E-state index contributed by atoms with van der Waals surface area (Å²) < 4.78 is 24.6. The summed E-state index contributed by atoms with van der Waals surface area (Å²) in [6.45, 7) is 11.8. The molecule has 14 nitrogen and oxygen atoms in total. The summed E-state index contributed by atoms with van der Waals surface area (Å²) in [5.74, 6) is -1.84. The zero-order valence-corrected chi connectivity index (χ0v) is 36.0. The number of carbonyl (C=O) groups excluding carboxylic acids is 4. The monoisotopic (exact) mass is 832 g/mol. The third-order valence-electron chi connectivity index (χ3n) is 13.3. The van der Waals surface area contributed by atoms with E-state index in [9.17, 15) is 19.2 Å². The van der Waals surface area contributed by atoms with Gasteiger partial charge in [-0.15, -0.1) is 0 Å². The van der Waals surface area contributed by atoms with Crippen molar-refractivity contribution in [3.05, 3.63) is 59.7 Å². The van der Waals surface area contributed by atoms with Crippen molar-refractivity contribution in [2.24, 2.45) is 29.4 Å². The average molecular weight is 833 g/mol. The Labute approximate surface area is 353 Å². The zero-order chi connectivity index (χ0) is 42.8. The third kappa shape index (κ3) is 9.23. The molecule has 0 unspecified atom stereocenters. The Kier molecular flexibility index (Phi) is 13.3. The number of amides is 3. The molecule has 4 heterocycles. The number of fused-ring (bicyclic) bond motifs is 5. The van der Waals surface area contributed by atoms with Gasteiger partial charge in [-0.25, -0.2) is 14.6 Å². The zero-order valence-electron chi connectivity index (χ0n) is 36.0. The van der Waals surface area contributed by atoms with E-state index in [1.165, 1.54) is 4.90 Å². The van der Waals surface area contributed by atoms with E-state index in [1.54, 1.807) is 20.8 Å². The molecule has 2 aromatic carbocycles. The lowest BCUT2D eigenvalue weighted by atomic mass is 9.57. The van der Waals surface area contributed by atoms with E-state index in [1.807, 2.05) is 43.3 Å². The van der Waals surface area contributed by atoms with Crippen molar-refractivity contribution in [3.8, 4) is 11.1 Å².